The maximum atomic E-state index is 12.6. The molecule has 6 N–H and O–H groups in total. The van der Waals surface area contributed by atoms with Crippen LogP contribution in [-0.4, -0.2) is 45.8 Å². The highest BCUT2D eigenvalue weighted by atomic mass is 16.7. The van der Waals surface area contributed by atoms with Crippen LogP contribution in [0.1, 0.15) is 36.7 Å². The number of nitrogens with two attached hydrogens (primary N) is 2. The van der Waals surface area contributed by atoms with Gasteiger partial charge in [-0.05, 0) is 32.9 Å². The molecule has 154 valence electrons. The van der Waals surface area contributed by atoms with Gasteiger partial charge in [-0.1, -0.05) is 12.1 Å². The van der Waals surface area contributed by atoms with E-state index in [9.17, 15) is 9.90 Å². The Hall–Kier alpha value is -3.26. The number of anilines is 1. The number of ether oxygens (including phenoxy) is 1. The first-order chi connectivity index (χ1) is 13.6. The molecule has 1 unspecified atom stereocenters. The number of benzene rings is 1. The molecule has 1 aromatic heterocycles. The van der Waals surface area contributed by atoms with Crippen LogP contribution in [-0.2, 0) is 4.84 Å². The Morgan fingerprint density at radius 2 is 2.14 bits per heavy atom. The molecule has 0 fully saturated rings. The molecule has 0 aliphatic rings. The average molecular weight is 400 g/mol. The highest BCUT2D eigenvalue weighted by Crippen LogP contribution is 2.27. The summed E-state index contributed by atoms with van der Waals surface area (Å²) < 4.78 is 5.68. The number of hydrogen-bond acceptors (Lipinski definition) is 9. The van der Waals surface area contributed by atoms with Crippen LogP contribution >= 0.6 is 0 Å². The van der Waals surface area contributed by atoms with Gasteiger partial charge in [-0.3, -0.25) is 9.63 Å². The number of carbonyl (C=O) groups is 1. The van der Waals surface area contributed by atoms with E-state index >= 15 is 0 Å². The second-order valence-electron chi connectivity index (χ2n) is 7.00. The summed E-state index contributed by atoms with van der Waals surface area (Å²) in [6, 6.07) is 8.66. The molecule has 0 radical (unpaired) electrons. The molecule has 0 spiro atoms. The Kier molecular flexibility index (Phi) is 7.06. The lowest BCUT2D eigenvalue weighted by atomic mass is 10.1. The lowest BCUT2D eigenvalue weighted by Gasteiger charge is -2.19. The molecule has 2 rings (SSSR count). The predicted molar refractivity (Wildman–Crippen MR) is 105 cm³/mol. The van der Waals surface area contributed by atoms with E-state index in [-0.39, 0.29) is 36.2 Å². The molecule has 0 saturated heterocycles. The Labute approximate surface area is 168 Å². The summed E-state index contributed by atoms with van der Waals surface area (Å²) >= 11 is 0. The molecule has 1 heterocycles. The first-order valence-corrected chi connectivity index (χ1v) is 8.84. The summed E-state index contributed by atoms with van der Waals surface area (Å²) in [7, 11) is 0. The maximum absolute atomic E-state index is 12.6. The number of carbonyl (C=O) groups excluding carboxylic acids is 1. The molecule has 0 saturated carbocycles. The Balaban J connectivity index is 2.42. The fourth-order valence-electron chi connectivity index (χ4n) is 2.18. The molecule has 0 bridgehead atoms. The number of rotatable bonds is 8. The van der Waals surface area contributed by atoms with Crippen molar-refractivity contribution in [3.63, 3.8) is 0 Å². The number of nitrogens with one attached hydrogen (secondary N) is 1. The van der Waals surface area contributed by atoms with Gasteiger partial charge in [-0.25, -0.2) is 10.5 Å². The fraction of sp³-hybridized carbons (Fsp3) is 0.368. The number of nitrogen functional groups attached to an aromatic ring is 1. The van der Waals surface area contributed by atoms with Gasteiger partial charge in [0.25, 0.3) is 5.91 Å². The number of nitriles is 1. The molecule has 1 amide bonds. The summed E-state index contributed by atoms with van der Waals surface area (Å²) in [6.45, 7) is 4.80. The van der Waals surface area contributed by atoms with Gasteiger partial charge < -0.3 is 21.3 Å². The van der Waals surface area contributed by atoms with Crippen molar-refractivity contribution < 1.29 is 19.5 Å². The van der Waals surface area contributed by atoms with Gasteiger partial charge in [0.1, 0.15) is 24.1 Å². The zero-order valence-corrected chi connectivity index (χ0v) is 16.5. The Morgan fingerprint density at radius 3 is 2.76 bits per heavy atom. The van der Waals surface area contributed by atoms with Crippen molar-refractivity contribution in [3.05, 3.63) is 35.4 Å². The SMILES string of the molecule is CC(CN)Oc1nc(-c2cccc(C#N)c2)nc(N)c1C(=O)NOCC(C)(C)O. The Bertz CT molecular complexity index is 920. The van der Waals surface area contributed by atoms with E-state index in [2.05, 4.69) is 15.4 Å². The normalized spacial score (nSPS) is 12.1. The van der Waals surface area contributed by atoms with Crippen LogP contribution in [0.15, 0.2) is 24.3 Å². The topological polar surface area (TPSA) is 169 Å². The van der Waals surface area contributed by atoms with Crippen LogP contribution in [0.4, 0.5) is 5.82 Å². The number of hydrogen-bond donors (Lipinski definition) is 4. The lowest BCUT2D eigenvalue weighted by molar-refractivity contribution is -0.0523. The van der Waals surface area contributed by atoms with Crippen LogP contribution in [0, 0.1) is 11.3 Å². The maximum Gasteiger partial charge on any atom is 0.284 e. The minimum atomic E-state index is -1.14. The van der Waals surface area contributed by atoms with Crippen molar-refractivity contribution >= 4 is 11.7 Å². The average Bonchev–Trinajstić information content (AvgIpc) is 2.66. The molecule has 0 aliphatic carbocycles. The first-order valence-electron chi connectivity index (χ1n) is 8.84. The number of aliphatic hydroxyl groups is 1. The van der Waals surface area contributed by atoms with Crippen molar-refractivity contribution in [2.24, 2.45) is 5.73 Å². The third kappa shape index (κ3) is 6.11. The van der Waals surface area contributed by atoms with Crippen LogP contribution in [0.3, 0.4) is 0 Å². The van der Waals surface area contributed by atoms with E-state index in [1.807, 2.05) is 6.07 Å². The van der Waals surface area contributed by atoms with Gasteiger partial charge in [0.2, 0.25) is 5.88 Å². The Morgan fingerprint density at radius 1 is 1.41 bits per heavy atom. The largest absolute Gasteiger partial charge is 0.473 e. The number of aromatic nitrogens is 2. The summed E-state index contributed by atoms with van der Waals surface area (Å²) in [5, 5.41) is 18.8. The van der Waals surface area contributed by atoms with Crippen molar-refractivity contribution in [2.45, 2.75) is 32.5 Å². The molecule has 1 atom stereocenters. The highest BCUT2D eigenvalue weighted by Gasteiger charge is 2.24. The van der Waals surface area contributed by atoms with Gasteiger partial charge in [0.15, 0.2) is 5.82 Å². The van der Waals surface area contributed by atoms with E-state index in [4.69, 9.17) is 26.3 Å². The van der Waals surface area contributed by atoms with E-state index in [1.165, 1.54) is 13.8 Å². The molecule has 10 heteroatoms. The summed E-state index contributed by atoms with van der Waals surface area (Å²) in [5.41, 5.74) is 13.5. The van der Waals surface area contributed by atoms with Crippen LogP contribution in [0.5, 0.6) is 5.88 Å². The van der Waals surface area contributed by atoms with E-state index in [1.54, 1.807) is 31.2 Å². The van der Waals surface area contributed by atoms with Crippen molar-refractivity contribution in [3.8, 4) is 23.3 Å². The van der Waals surface area contributed by atoms with Gasteiger partial charge in [0.05, 0.1) is 17.2 Å². The van der Waals surface area contributed by atoms with Crippen molar-refractivity contribution in [1.82, 2.24) is 15.4 Å². The summed E-state index contributed by atoms with van der Waals surface area (Å²) in [5.74, 6) is -0.755. The van der Waals surface area contributed by atoms with Crippen molar-refractivity contribution in [1.29, 1.82) is 5.26 Å². The number of hydroxylamine groups is 1. The van der Waals surface area contributed by atoms with Gasteiger partial charge in [-0.15, -0.1) is 0 Å². The van der Waals surface area contributed by atoms with Crippen LogP contribution in [0.2, 0.25) is 0 Å². The molecule has 10 nitrogen and oxygen atoms in total. The lowest BCUT2D eigenvalue weighted by Crippen LogP contribution is -2.34. The van der Waals surface area contributed by atoms with E-state index < -0.39 is 17.6 Å². The molecule has 29 heavy (non-hydrogen) atoms. The molecule has 2 aromatic rings. The monoisotopic (exact) mass is 400 g/mol. The second kappa shape index (κ2) is 9.29. The van der Waals surface area contributed by atoms with E-state index in [0.717, 1.165) is 0 Å². The summed E-state index contributed by atoms with van der Waals surface area (Å²) in [4.78, 5) is 26.1. The zero-order valence-electron chi connectivity index (χ0n) is 16.5. The molecule has 1 aromatic carbocycles. The van der Waals surface area contributed by atoms with Gasteiger partial charge in [-0.2, -0.15) is 10.2 Å². The fourth-order valence-corrected chi connectivity index (χ4v) is 2.18. The molecular weight excluding hydrogens is 376 g/mol. The van der Waals surface area contributed by atoms with Gasteiger partial charge >= 0.3 is 0 Å². The first kappa shape index (κ1) is 22.0. The van der Waals surface area contributed by atoms with Crippen LogP contribution < -0.4 is 21.7 Å². The zero-order chi connectivity index (χ0) is 21.6. The quantitative estimate of drug-likeness (QED) is 0.467. The summed E-state index contributed by atoms with van der Waals surface area (Å²) in [6.07, 6.45) is -0.452. The van der Waals surface area contributed by atoms with E-state index in [0.29, 0.717) is 11.1 Å². The highest BCUT2D eigenvalue weighted by molar-refractivity contribution is 6.00. The predicted octanol–water partition coefficient (Wildman–Crippen LogP) is 0.756. The number of nitrogens with zero attached hydrogens (tertiary/aromatic N) is 3. The smallest absolute Gasteiger partial charge is 0.284 e. The standard InChI is InChI=1S/C19H24N6O4/c1-11(8-20)29-18-14(17(26)25-28-10-19(2,3)27)15(22)23-16(24-18)13-6-4-5-12(7-13)9-21/h4-7,11,27H,8,10,20H2,1-3H3,(H,25,26)(H2,22,23,24). The number of amides is 1. The van der Waals surface area contributed by atoms with Crippen molar-refractivity contribution in [2.75, 3.05) is 18.9 Å². The third-order valence-electron chi connectivity index (χ3n) is 3.62. The second-order valence-corrected chi connectivity index (χ2v) is 7.00. The molecule has 0 aliphatic heterocycles. The third-order valence-corrected chi connectivity index (χ3v) is 3.62. The minimum Gasteiger partial charge on any atom is -0.473 e. The van der Waals surface area contributed by atoms with Crippen LogP contribution in [0.25, 0.3) is 11.4 Å². The molecular formula is C19H24N6O4. The van der Waals surface area contributed by atoms with Gasteiger partial charge in [0, 0.05) is 12.1 Å². The minimum absolute atomic E-state index is 0.0721.